The zero-order chi connectivity index (χ0) is 6.85. The summed E-state index contributed by atoms with van der Waals surface area (Å²) in [4.78, 5) is 2.20. The molecule has 0 aromatic rings. The molecule has 0 unspecified atom stereocenters. The van der Waals surface area contributed by atoms with Crippen LogP contribution in [0.25, 0.3) is 0 Å². The van der Waals surface area contributed by atoms with E-state index in [-0.39, 0.29) is 0 Å². The fraction of sp³-hybridized carbons (Fsp3) is 0.714. The van der Waals surface area contributed by atoms with Crippen LogP contribution in [-0.2, 0) is 0 Å². The molecule has 0 radical (unpaired) electrons. The van der Waals surface area contributed by atoms with Crippen LogP contribution in [0.2, 0.25) is 0 Å². The largest absolute Gasteiger partial charge is 0.513 e. The van der Waals surface area contributed by atoms with E-state index in [0.29, 0.717) is 11.7 Å². The normalized spacial score (nSPS) is 28.8. The number of likely N-dealkylation sites (tertiary alicyclic amines) is 1. The van der Waals surface area contributed by atoms with E-state index < -0.39 is 0 Å². The summed E-state index contributed by atoms with van der Waals surface area (Å²) in [6.45, 7) is 5.56. The molecule has 1 aliphatic heterocycles. The molecule has 0 aliphatic carbocycles. The molecule has 1 N–H and O–H groups in total. The lowest BCUT2D eigenvalue weighted by Gasteiger charge is -2.07. The second kappa shape index (κ2) is 2.40. The van der Waals surface area contributed by atoms with Gasteiger partial charge < -0.3 is 10.0 Å². The maximum atomic E-state index is 8.95. The summed E-state index contributed by atoms with van der Waals surface area (Å²) in [5, 5.41) is 8.95. The van der Waals surface area contributed by atoms with Gasteiger partial charge in [-0.2, -0.15) is 0 Å². The molecule has 1 rings (SSSR count). The van der Waals surface area contributed by atoms with Gasteiger partial charge in [-0.25, -0.2) is 0 Å². The van der Waals surface area contributed by atoms with Crippen molar-refractivity contribution in [2.24, 2.45) is 5.92 Å². The monoisotopic (exact) mass is 127 g/mol. The summed E-state index contributed by atoms with van der Waals surface area (Å²) in [5.74, 6) is 0.675. The molecule has 2 nitrogen and oxygen atoms in total. The van der Waals surface area contributed by atoms with Gasteiger partial charge in [0.1, 0.15) is 0 Å². The molecule has 1 saturated heterocycles. The molecule has 0 aromatic heterocycles. The van der Waals surface area contributed by atoms with Gasteiger partial charge >= 0.3 is 0 Å². The van der Waals surface area contributed by atoms with Gasteiger partial charge in [-0.15, -0.1) is 0 Å². The van der Waals surface area contributed by atoms with E-state index in [1.807, 2.05) is 0 Å². The SMILES string of the molecule is C=C(O)[C@@H]1CCN(C)C1. The van der Waals surface area contributed by atoms with E-state index in [0.717, 1.165) is 19.5 Å². The highest BCUT2D eigenvalue weighted by Crippen LogP contribution is 2.18. The standard InChI is InChI=1S/C7H13NO/c1-6(9)7-3-4-8(2)5-7/h7,9H,1,3-5H2,2H3/t7-/m1/s1. The Morgan fingerprint density at radius 1 is 1.78 bits per heavy atom. The fourth-order valence-electron chi connectivity index (χ4n) is 1.21. The smallest absolute Gasteiger partial charge is 0.0895 e. The Hall–Kier alpha value is -0.500. The first-order valence-electron chi connectivity index (χ1n) is 3.26. The molecule has 9 heavy (non-hydrogen) atoms. The average molecular weight is 127 g/mol. The highest BCUT2D eigenvalue weighted by Gasteiger charge is 2.20. The molecular formula is C7H13NO. The van der Waals surface area contributed by atoms with Crippen molar-refractivity contribution in [2.75, 3.05) is 20.1 Å². The summed E-state index contributed by atoms with van der Waals surface area (Å²) in [7, 11) is 2.06. The lowest BCUT2D eigenvalue weighted by molar-refractivity contribution is 0.323. The third-order valence-electron chi connectivity index (χ3n) is 1.86. The highest BCUT2D eigenvalue weighted by atomic mass is 16.3. The van der Waals surface area contributed by atoms with Gasteiger partial charge in [0.25, 0.3) is 0 Å². The molecule has 0 amide bonds. The minimum Gasteiger partial charge on any atom is -0.513 e. The minimum absolute atomic E-state index is 0.329. The van der Waals surface area contributed by atoms with Gasteiger partial charge in [-0.1, -0.05) is 6.58 Å². The first-order chi connectivity index (χ1) is 4.20. The molecule has 1 fully saturated rings. The number of hydrogen-bond donors (Lipinski definition) is 1. The zero-order valence-corrected chi connectivity index (χ0v) is 5.80. The van der Waals surface area contributed by atoms with Gasteiger partial charge in [0.15, 0.2) is 0 Å². The van der Waals surface area contributed by atoms with Crippen LogP contribution in [0, 0.1) is 5.92 Å². The third kappa shape index (κ3) is 1.45. The van der Waals surface area contributed by atoms with E-state index in [9.17, 15) is 0 Å². The summed E-state index contributed by atoms with van der Waals surface area (Å²) >= 11 is 0. The maximum Gasteiger partial charge on any atom is 0.0895 e. The van der Waals surface area contributed by atoms with Crippen LogP contribution in [0.4, 0.5) is 0 Å². The first kappa shape index (κ1) is 6.62. The van der Waals surface area contributed by atoms with Crippen LogP contribution in [0.3, 0.4) is 0 Å². The molecule has 0 aromatic carbocycles. The number of nitrogens with zero attached hydrogens (tertiary/aromatic N) is 1. The summed E-state index contributed by atoms with van der Waals surface area (Å²) in [5.41, 5.74) is 0. The lowest BCUT2D eigenvalue weighted by Crippen LogP contribution is -2.14. The van der Waals surface area contributed by atoms with E-state index in [1.54, 1.807) is 0 Å². The van der Waals surface area contributed by atoms with Gasteiger partial charge in [0.2, 0.25) is 0 Å². The Balaban J connectivity index is 2.39. The van der Waals surface area contributed by atoms with Crippen molar-refractivity contribution in [1.82, 2.24) is 4.90 Å². The van der Waals surface area contributed by atoms with Crippen molar-refractivity contribution in [3.05, 3.63) is 12.3 Å². The number of rotatable bonds is 1. The Morgan fingerprint density at radius 2 is 2.44 bits per heavy atom. The van der Waals surface area contributed by atoms with Gasteiger partial charge in [0, 0.05) is 12.5 Å². The van der Waals surface area contributed by atoms with Crippen LogP contribution in [0.15, 0.2) is 12.3 Å². The predicted octanol–water partition coefficient (Wildman–Crippen LogP) is 1.01. The third-order valence-corrected chi connectivity index (χ3v) is 1.86. The maximum absolute atomic E-state index is 8.95. The second-order valence-corrected chi connectivity index (χ2v) is 2.74. The Kier molecular flexibility index (Phi) is 1.76. The molecule has 1 atom stereocenters. The molecule has 1 heterocycles. The second-order valence-electron chi connectivity index (χ2n) is 2.74. The summed E-state index contributed by atoms with van der Waals surface area (Å²) in [6.07, 6.45) is 1.06. The van der Waals surface area contributed by atoms with Crippen LogP contribution >= 0.6 is 0 Å². The van der Waals surface area contributed by atoms with Crippen molar-refractivity contribution in [2.45, 2.75) is 6.42 Å². The van der Waals surface area contributed by atoms with Crippen LogP contribution in [-0.4, -0.2) is 30.1 Å². The van der Waals surface area contributed by atoms with Crippen molar-refractivity contribution in [3.8, 4) is 0 Å². The predicted molar refractivity (Wildman–Crippen MR) is 37.4 cm³/mol. The Bertz CT molecular complexity index is 122. The van der Waals surface area contributed by atoms with E-state index in [4.69, 9.17) is 5.11 Å². The zero-order valence-electron chi connectivity index (χ0n) is 5.80. The van der Waals surface area contributed by atoms with Crippen molar-refractivity contribution < 1.29 is 5.11 Å². The molecule has 0 saturated carbocycles. The minimum atomic E-state index is 0.329. The van der Waals surface area contributed by atoms with E-state index in [1.165, 1.54) is 0 Å². The van der Waals surface area contributed by atoms with Gasteiger partial charge in [-0.3, -0.25) is 0 Å². The quantitative estimate of drug-likeness (QED) is 0.531. The Morgan fingerprint density at radius 3 is 2.67 bits per heavy atom. The summed E-state index contributed by atoms with van der Waals surface area (Å²) < 4.78 is 0. The molecule has 52 valence electrons. The number of hydrogen-bond acceptors (Lipinski definition) is 2. The van der Waals surface area contributed by atoms with Crippen LogP contribution in [0.1, 0.15) is 6.42 Å². The van der Waals surface area contributed by atoms with Crippen molar-refractivity contribution >= 4 is 0 Å². The molecule has 1 aliphatic rings. The number of aliphatic hydroxyl groups is 1. The van der Waals surface area contributed by atoms with Crippen LogP contribution < -0.4 is 0 Å². The number of aliphatic hydroxyl groups excluding tert-OH is 1. The molecule has 0 bridgehead atoms. The van der Waals surface area contributed by atoms with E-state index >= 15 is 0 Å². The fourth-order valence-corrected chi connectivity index (χ4v) is 1.21. The first-order valence-corrected chi connectivity index (χ1v) is 3.26. The topological polar surface area (TPSA) is 23.5 Å². The van der Waals surface area contributed by atoms with Crippen molar-refractivity contribution in [3.63, 3.8) is 0 Å². The summed E-state index contributed by atoms with van der Waals surface area (Å²) in [6, 6.07) is 0. The van der Waals surface area contributed by atoms with Gasteiger partial charge in [0.05, 0.1) is 5.76 Å². The van der Waals surface area contributed by atoms with Crippen LogP contribution in [0.5, 0.6) is 0 Å². The highest BCUT2D eigenvalue weighted by molar-refractivity contribution is 4.93. The Labute approximate surface area is 55.8 Å². The van der Waals surface area contributed by atoms with Crippen molar-refractivity contribution in [1.29, 1.82) is 0 Å². The lowest BCUT2D eigenvalue weighted by atomic mass is 10.1. The molecular weight excluding hydrogens is 114 g/mol. The van der Waals surface area contributed by atoms with E-state index in [2.05, 4.69) is 18.5 Å². The molecule has 0 spiro atoms. The molecule has 2 heteroatoms. The average Bonchev–Trinajstić information content (AvgIpc) is 2.14. The van der Waals surface area contributed by atoms with Gasteiger partial charge in [-0.05, 0) is 20.0 Å².